The molecule has 0 saturated heterocycles. The SMILES string of the molecule is C=CCCCC(C)=CCCCCC. The van der Waals surface area contributed by atoms with Crippen molar-refractivity contribution < 1.29 is 0 Å². The molecular weight excluding hydrogens is 156 g/mol. The van der Waals surface area contributed by atoms with Crippen molar-refractivity contribution in [3.63, 3.8) is 0 Å². The van der Waals surface area contributed by atoms with Gasteiger partial charge in [0.05, 0.1) is 0 Å². The van der Waals surface area contributed by atoms with E-state index in [0.717, 1.165) is 6.42 Å². The number of hydrogen-bond acceptors (Lipinski definition) is 0. The molecule has 0 aliphatic rings. The fourth-order valence-electron chi connectivity index (χ4n) is 1.37. The van der Waals surface area contributed by atoms with E-state index < -0.39 is 0 Å². The largest absolute Gasteiger partial charge is 0.103 e. The van der Waals surface area contributed by atoms with Gasteiger partial charge in [-0.1, -0.05) is 37.5 Å². The predicted molar refractivity (Wildman–Crippen MR) is 61.9 cm³/mol. The number of allylic oxidation sites excluding steroid dienone is 3. The van der Waals surface area contributed by atoms with Crippen LogP contribution in [0.5, 0.6) is 0 Å². The molecule has 0 nitrogen and oxygen atoms in total. The molecule has 0 heteroatoms. The van der Waals surface area contributed by atoms with Crippen molar-refractivity contribution in [3.05, 3.63) is 24.3 Å². The summed E-state index contributed by atoms with van der Waals surface area (Å²) in [5, 5.41) is 0. The molecule has 0 fully saturated rings. The maximum atomic E-state index is 3.72. The molecule has 0 aromatic carbocycles. The summed E-state index contributed by atoms with van der Waals surface area (Å²) in [5.74, 6) is 0. The first-order chi connectivity index (χ1) is 6.31. The Labute approximate surface area is 83.7 Å². The van der Waals surface area contributed by atoms with Crippen molar-refractivity contribution in [2.45, 2.75) is 58.8 Å². The highest BCUT2D eigenvalue weighted by atomic mass is 14.0. The van der Waals surface area contributed by atoms with Gasteiger partial charge in [0.15, 0.2) is 0 Å². The first kappa shape index (κ1) is 12.5. The van der Waals surface area contributed by atoms with E-state index >= 15 is 0 Å². The fourth-order valence-corrected chi connectivity index (χ4v) is 1.37. The summed E-state index contributed by atoms with van der Waals surface area (Å²) in [6, 6.07) is 0. The normalized spacial score (nSPS) is 11.7. The van der Waals surface area contributed by atoms with Gasteiger partial charge in [0.1, 0.15) is 0 Å². The average molecular weight is 180 g/mol. The van der Waals surface area contributed by atoms with Crippen LogP contribution in [0.4, 0.5) is 0 Å². The van der Waals surface area contributed by atoms with E-state index in [-0.39, 0.29) is 0 Å². The van der Waals surface area contributed by atoms with Crippen LogP contribution < -0.4 is 0 Å². The van der Waals surface area contributed by atoms with Gasteiger partial charge in [-0.3, -0.25) is 0 Å². The van der Waals surface area contributed by atoms with Gasteiger partial charge in [-0.2, -0.15) is 0 Å². The molecule has 0 saturated carbocycles. The second kappa shape index (κ2) is 9.57. The Hall–Kier alpha value is -0.520. The van der Waals surface area contributed by atoms with Gasteiger partial charge in [0.25, 0.3) is 0 Å². The highest BCUT2D eigenvalue weighted by Crippen LogP contribution is 2.09. The molecule has 0 bridgehead atoms. The molecule has 0 aliphatic carbocycles. The van der Waals surface area contributed by atoms with E-state index in [0.29, 0.717) is 0 Å². The van der Waals surface area contributed by atoms with E-state index in [1.165, 1.54) is 38.5 Å². The Bertz CT molecular complexity index is 142. The van der Waals surface area contributed by atoms with E-state index in [9.17, 15) is 0 Å². The minimum Gasteiger partial charge on any atom is -0.103 e. The van der Waals surface area contributed by atoms with Crippen molar-refractivity contribution in [2.75, 3.05) is 0 Å². The summed E-state index contributed by atoms with van der Waals surface area (Å²) in [5.41, 5.74) is 1.55. The standard InChI is InChI=1S/C13H24/c1-4-6-8-10-12-13(3)11-9-7-5-2/h5,12H,2,4,6-11H2,1,3H3. The van der Waals surface area contributed by atoms with Crippen LogP contribution in [0, 0.1) is 0 Å². The maximum absolute atomic E-state index is 3.72. The van der Waals surface area contributed by atoms with Gasteiger partial charge < -0.3 is 0 Å². The number of unbranched alkanes of at least 4 members (excludes halogenated alkanes) is 4. The van der Waals surface area contributed by atoms with Crippen LogP contribution in [-0.4, -0.2) is 0 Å². The summed E-state index contributed by atoms with van der Waals surface area (Å²) in [6.07, 6.45) is 13.4. The van der Waals surface area contributed by atoms with Gasteiger partial charge in [-0.25, -0.2) is 0 Å². The van der Waals surface area contributed by atoms with E-state index in [4.69, 9.17) is 0 Å². The Kier molecular flexibility index (Phi) is 9.18. The molecule has 0 heterocycles. The first-order valence-corrected chi connectivity index (χ1v) is 5.57. The summed E-state index contributed by atoms with van der Waals surface area (Å²) >= 11 is 0. The average Bonchev–Trinajstić information content (AvgIpc) is 2.13. The Morgan fingerprint density at radius 2 is 1.92 bits per heavy atom. The monoisotopic (exact) mass is 180 g/mol. The summed E-state index contributed by atoms with van der Waals surface area (Å²) in [7, 11) is 0. The van der Waals surface area contributed by atoms with Crippen LogP contribution in [0.1, 0.15) is 58.8 Å². The van der Waals surface area contributed by atoms with Gasteiger partial charge in [-0.15, -0.1) is 6.58 Å². The van der Waals surface area contributed by atoms with Gasteiger partial charge in [0.2, 0.25) is 0 Å². The van der Waals surface area contributed by atoms with Crippen LogP contribution in [0.15, 0.2) is 24.3 Å². The van der Waals surface area contributed by atoms with Crippen LogP contribution in [0.3, 0.4) is 0 Å². The minimum atomic E-state index is 1.15. The zero-order valence-corrected chi connectivity index (χ0v) is 9.31. The molecule has 0 amide bonds. The Balaban J connectivity index is 3.33. The van der Waals surface area contributed by atoms with E-state index in [1.807, 2.05) is 6.08 Å². The molecule has 0 spiro atoms. The first-order valence-electron chi connectivity index (χ1n) is 5.57. The lowest BCUT2D eigenvalue weighted by molar-refractivity contribution is 0.723. The van der Waals surface area contributed by atoms with Crippen molar-refractivity contribution in [1.29, 1.82) is 0 Å². The molecule has 0 unspecified atom stereocenters. The van der Waals surface area contributed by atoms with Gasteiger partial charge >= 0.3 is 0 Å². The lowest BCUT2D eigenvalue weighted by atomic mass is 10.1. The topological polar surface area (TPSA) is 0 Å². The summed E-state index contributed by atoms with van der Waals surface area (Å²) in [4.78, 5) is 0. The molecule has 0 N–H and O–H groups in total. The quantitative estimate of drug-likeness (QED) is 0.369. The second-order valence-electron chi connectivity index (χ2n) is 3.73. The molecule has 13 heavy (non-hydrogen) atoms. The number of rotatable bonds is 8. The van der Waals surface area contributed by atoms with E-state index in [1.54, 1.807) is 5.57 Å². The third kappa shape index (κ3) is 9.39. The third-order valence-corrected chi connectivity index (χ3v) is 2.28. The fraction of sp³-hybridized carbons (Fsp3) is 0.692. The molecule has 0 rings (SSSR count). The van der Waals surface area contributed by atoms with Crippen molar-refractivity contribution in [3.8, 4) is 0 Å². The molecule has 0 aromatic rings. The maximum Gasteiger partial charge on any atom is -0.0320 e. The second-order valence-corrected chi connectivity index (χ2v) is 3.73. The summed E-state index contributed by atoms with van der Waals surface area (Å²) in [6.45, 7) is 8.22. The lowest BCUT2D eigenvalue weighted by Gasteiger charge is -1.99. The number of hydrogen-bond donors (Lipinski definition) is 0. The highest BCUT2D eigenvalue weighted by Gasteiger charge is 1.89. The molecular formula is C13H24. The molecule has 76 valence electrons. The zero-order chi connectivity index (χ0) is 9.94. The molecule has 0 atom stereocenters. The van der Waals surface area contributed by atoms with Crippen LogP contribution >= 0.6 is 0 Å². The van der Waals surface area contributed by atoms with Crippen LogP contribution in [0.25, 0.3) is 0 Å². The zero-order valence-electron chi connectivity index (χ0n) is 9.31. The van der Waals surface area contributed by atoms with Crippen LogP contribution in [-0.2, 0) is 0 Å². The van der Waals surface area contributed by atoms with Gasteiger partial charge in [-0.05, 0) is 39.0 Å². The third-order valence-electron chi connectivity index (χ3n) is 2.28. The predicted octanol–water partition coefficient (Wildman–Crippen LogP) is 4.87. The molecule has 0 aromatic heterocycles. The Morgan fingerprint density at radius 3 is 2.54 bits per heavy atom. The van der Waals surface area contributed by atoms with Gasteiger partial charge in [0, 0.05) is 0 Å². The molecule has 0 radical (unpaired) electrons. The minimum absolute atomic E-state index is 1.15. The Morgan fingerprint density at radius 1 is 1.15 bits per heavy atom. The van der Waals surface area contributed by atoms with Crippen LogP contribution in [0.2, 0.25) is 0 Å². The van der Waals surface area contributed by atoms with Crippen molar-refractivity contribution in [1.82, 2.24) is 0 Å². The smallest absolute Gasteiger partial charge is 0.0320 e. The lowest BCUT2D eigenvalue weighted by Crippen LogP contribution is -1.79. The summed E-state index contributed by atoms with van der Waals surface area (Å²) < 4.78 is 0. The highest BCUT2D eigenvalue weighted by molar-refractivity contribution is 4.97. The van der Waals surface area contributed by atoms with E-state index in [2.05, 4.69) is 26.5 Å². The van der Waals surface area contributed by atoms with Crippen molar-refractivity contribution >= 4 is 0 Å². The van der Waals surface area contributed by atoms with Crippen molar-refractivity contribution in [2.24, 2.45) is 0 Å². The molecule has 0 aliphatic heterocycles.